The molecule has 0 saturated heterocycles. The average molecular weight is 454 g/mol. The van der Waals surface area contributed by atoms with Gasteiger partial charge in [-0.1, -0.05) is 12.1 Å². The lowest BCUT2D eigenvalue weighted by Crippen LogP contribution is -2.24. The van der Waals surface area contributed by atoms with Gasteiger partial charge in [0.2, 0.25) is 0 Å². The number of carbonyl (C=O) groups excluding carboxylic acids is 1. The number of ether oxygens (including phenoxy) is 2. The third-order valence-corrected chi connectivity index (χ3v) is 4.41. The summed E-state index contributed by atoms with van der Waals surface area (Å²) in [7, 11) is 1.47. The summed E-state index contributed by atoms with van der Waals surface area (Å²) in [6.07, 6.45) is 1.47. The predicted octanol–water partition coefficient (Wildman–Crippen LogP) is 3.15. The number of hydrazone groups is 1. The van der Waals surface area contributed by atoms with Crippen LogP contribution in [-0.2, 0) is 4.79 Å². The van der Waals surface area contributed by atoms with Crippen molar-refractivity contribution in [2.75, 3.05) is 13.7 Å². The Labute approximate surface area is 160 Å². The SMILES string of the molecule is COc1cc(/C=N/NC(=O)COc2cccc(C)c2C)cc(I)c1O. The molecule has 6 nitrogen and oxygen atoms in total. The third kappa shape index (κ3) is 5.09. The Balaban J connectivity index is 1.92. The number of amides is 1. The molecule has 0 fully saturated rings. The number of methoxy groups -OCH3 is 1. The maximum absolute atomic E-state index is 11.8. The number of aryl methyl sites for hydroxylation is 1. The van der Waals surface area contributed by atoms with E-state index < -0.39 is 0 Å². The molecule has 132 valence electrons. The van der Waals surface area contributed by atoms with E-state index in [9.17, 15) is 9.90 Å². The third-order valence-electron chi connectivity index (χ3n) is 3.59. The Morgan fingerprint density at radius 3 is 2.80 bits per heavy atom. The lowest BCUT2D eigenvalue weighted by atomic mass is 10.1. The maximum atomic E-state index is 11.8. The number of nitrogens with one attached hydrogen (secondary N) is 1. The van der Waals surface area contributed by atoms with Crippen molar-refractivity contribution < 1.29 is 19.4 Å². The van der Waals surface area contributed by atoms with Crippen LogP contribution in [0.2, 0.25) is 0 Å². The van der Waals surface area contributed by atoms with Gasteiger partial charge in [-0.15, -0.1) is 0 Å². The van der Waals surface area contributed by atoms with Gasteiger partial charge >= 0.3 is 0 Å². The van der Waals surface area contributed by atoms with Crippen LogP contribution < -0.4 is 14.9 Å². The summed E-state index contributed by atoms with van der Waals surface area (Å²) >= 11 is 1.99. The van der Waals surface area contributed by atoms with Crippen LogP contribution in [0.25, 0.3) is 0 Å². The largest absolute Gasteiger partial charge is 0.504 e. The van der Waals surface area contributed by atoms with E-state index in [1.165, 1.54) is 13.3 Å². The molecule has 0 saturated carbocycles. The van der Waals surface area contributed by atoms with Gasteiger partial charge in [0.15, 0.2) is 18.1 Å². The molecule has 2 rings (SSSR count). The normalized spacial score (nSPS) is 10.7. The molecule has 1 amide bonds. The van der Waals surface area contributed by atoms with Gasteiger partial charge in [-0.05, 0) is 71.3 Å². The molecule has 0 aromatic heterocycles. The van der Waals surface area contributed by atoms with E-state index in [1.807, 2.05) is 54.6 Å². The molecule has 2 aromatic carbocycles. The first kappa shape index (κ1) is 19.0. The predicted molar refractivity (Wildman–Crippen MR) is 105 cm³/mol. The highest BCUT2D eigenvalue weighted by molar-refractivity contribution is 14.1. The minimum atomic E-state index is -0.363. The molecule has 0 bridgehead atoms. The zero-order chi connectivity index (χ0) is 18.4. The first-order valence-electron chi connectivity index (χ1n) is 7.49. The number of aromatic hydroxyl groups is 1. The minimum absolute atomic E-state index is 0.0752. The summed E-state index contributed by atoms with van der Waals surface area (Å²) in [5.41, 5.74) is 5.20. The van der Waals surface area contributed by atoms with Gasteiger partial charge in [-0.3, -0.25) is 4.79 Å². The molecule has 0 radical (unpaired) electrons. The summed E-state index contributed by atoms with van der Waals surface area (Å²) in [6.45, 7) is 3.80. The van der Waals surface area contributed by atoms with Gasteiger partial charge < -0.3 is 14.6 Å². The van der Waals surface area contributed by atoms with Gasteiger partial charge in [0.1, 0.15) is 5.75 Å². The highest BCUT2D eigenvalue weighted by Crippen LogP contribution is 2.31. The van der Waals surface area contributed by atoms with Gasteiger partial charge in [-0.25, -0.2) is 5.43 Å². The number of hydrogen-bond acceptors (Lipinski definition) is 5. The van der Waals surface area contributed by atoms with Crippen molar-refractivity contribution in [1.82, 2.24) is 5.43 Å². The molecule has 2 aromatic rings. The van der Waals surface area contributed by atoms with Gasteiger partial charge in [0.25, 0.3) is 5.91 Å². The molecule has 7 heteroatoms. The first-order chi connectivity index (χ1) is 11.9. The van der Waals surface area contributed by atoms with Crippen LogP contribution in [0.1, 0.15) is 16.7 Å². The standard InChI is InChI=1S/C18H19IN2O4/c1-11-5-4-6-15(12(11)2)25-10-17(22)21-20-9-13-7-14(19)18(23)16(8-13)24-3/h4-9,23H,10H2,1-3H3,(H,21,22)/b20-9+. The van der Waals surface area contributed by atoms with Crippen LogP contribution in [-0.4, -0.2) is 30.9 Å². The van der Waals surface area contributed by atoms with Crippen LogP contribution in [0.3, 0.4) is 0 Å². The Morgan fingerprint density at radius 1 is 1.32 bits per heavy atom. The topological polar surface area (TPSA) is 80.2 Å². The van der Waals surface area contributed by atoms with Crippen molar-refractivity contribution in [3.63, 3.8) is 0 Å². The molecular weight excluding hydrogens is 435 g/mol. The van der Waals surface area contributed by atoms with E-state index in [-0.39, 0.29) is 18.3 Å². The molecule has 2 N–H and O–H groups in total. The van der Waals surface area contributed by atoms with Crippen molar-refractivity contribution in [2.45, 2.75) is 13.8 Å². The molecular formula is C18H19IN2O4. The lowest BCUT2D eigenvalue weighted by molar-refractivity contribution is -0.123. The number of nitrogens with zero attached hydrogens (tertiary/aromatic N) is 1. The van der Waals surface area contributed by atoms with Crippen molar-refractivity contribution in [1.29, 1.82) is 0 Å². The lowest BCUT2D eigenvalue weighted by Gasteiger charge is -2.09. The van der Waals surface area contributed by atoms with Crippen LogP contribution in [0, 0.1) is 17.4 Å². The highest BCUT2D eigenvalue weighted by Gasteiger charge is 2.08. The summed E-state index contributed by atoms with van der Waals surface area (Å²) < 4.78 is 11.2. The van der Waals surface area contributed by atoms with E-state index in [0.717, 1.165) is 11.1 Å². The molecule has 0 heterocycles. The van der Waals surface area contributed by atoms with Crippen LogP contribution in [0.5, 0.6) is 17.2 Å². The second kappa shape index (κ2) is 8.70. The number of benzene rings is 2. The number of rotatable bonds is 6. The molecule has 0 aliphatic rings. The summed E-state index contributed by atoms with van der Waals surface area (Å²) in [6, 6.07) is 9.04. The van der Waals surface area contributed by atoms with E-state index in [1.54, 1.807) is 12.1 Å². The van der Waals surface area contributed by atoms with Crippen LogP contribution >= 0.6 is 22.6 Å². The number of phenolic OH excluding ortho intramolecular Hbond substituents is 1. The molecule has 0 aliphatic heterocycles. The monoisotopic (exact) mass is 454 g/mol. The minimum Gasteiger partial charge on any atom is -0.504 e. The first-order valence-corrected chi connectivity index (χ1v) is 8.57. The Bertz CT molecular complexity index is 806. The number of halogens is 1. The van der Waals surface area contributed by atoms with E-state index in [4.69, 9.17) is 9.47 Å². The van der Waals surface area contributed by atoms with Gasteiger partial charge in [-0.2, -0.15) is 5.10 Å². The molecule has 0 atom stereocenters. The molecule has 25 heavy (non-hydrogen) atoms. The number of carbonyl (C=O) groups is 1. The quantitative estimate of drug-likeness (QED) is 0.400. The summed E-state index contributed by atoms with van der Waals surface area (Å²) in [5, 5.41) is 13.7. The highest BCUT2D eigenvalue weighted by atomic mass is 127. The fourth-order valence-electron chi connectivity index (χ4n) is 2.06. The number of hydrogen-bond donors (Lipinski definition) is 2. The van der Waals surface area contributed by atoms with E-state index in [0.29, 0.717) is 20.6 Å². The second-order valence-corrected chi connectivity index (χ2v) is 6.50. The molecule has 0 aliphatic carbocycles. The Kier molecular flexibility index (Phi) is 6.63. The van der Waals surface area contributed by atoms with Crippen LogP contribution in [0.4, 0.5) is 0 Å². The maximum Gasteiger partial charge on any atom is 0.277 e. The molecule has 0 unspecified atom stereocenters. The second-order valence-electron chi connectivity index (χ2n) is 5.33. The Morgan fingerprint density at radius 2 is 2.08 bits per heavy atom. The van der Waals surface area contributed by atoms with E-state index >= 15 is 0 Å². The van der Waals surface area contributed by atoms with Crippen molar-refractivity contribution >= 4 is 34.7 Å². The average Bonchev–Trinajstić information content (AvgIpc) is 2.59. The summed E-state index contributed by atoms with van der Waals surface area (Å²) in [4.78, 5) is 11.8. The van der Waals surface area contributed by atoms with Gasteiger partial charge in [0.05, 0.1) is 16.9 Å². The zero-order valence-electron chi connectivity index (χ0n) is 14.2. The van der Waals surface area contributed by atoms with Crippen molar-refractivity contribution in [3.8, 4) is 17.2 Å². The molecule has 0 spiro atoms. The smallest absolute Gasteiger partial charge is 0.277 e. The van der Waals surface area contributed by atoms with Crippen LogP contribution in [0.15, 0.2) is 35.4 Å². The number of phenols is 1. The van der Waals surface area contributed by atoms with Gasteiger partial charge in [0, 0.05) is 0 Å². The fraction of sp³-hybridized carbons (Fsp3) is 0.222. The van der Waals surface area contributed by atoms with Crippen molar-refractivity contribution in [3.05, 3.63) is 50.6 Å². The Hall–Kier alpha value is -2.29. The summed E-state index contributed by atoms with van der Waals surface area (Å²) in [5.74, 6) is 0.735. The zero-order valence-corrected chi connectivity index (χ0v) is 16.3. The fourth-order valence-corrected chi connectivity index (χ4v) is 2.68. The van der Waals surface area contributed by atoms with E-state index in [2.05, 4.69) is 10.5 Å². The van der Waals surface area contributed by atoms with Crippen molar-refractivity contribution in [2.24, 2.45) is 5.10 Å².